The molecular formula is C15H17N3O6S. The van der Waals surface area contributed by atoms with Crippen molar-refractivity contribution >= 4 is 30.4 Å². The molecule has 1 unspecified atom stereocenters. The second-order valence-corrected chi connectivity index (χ2v) is 6.61. The fraction of sp³-hybridized carbons (Fsp3) is 0.400. The van der Waals surface area contributed by atoms with Gasteiger partial charge in [0, 0.05) is 11.6 Å². The Hall–Kier alpha value is -2.80. The van der Waals surface area contributed by atoms with Crippen molar-refractivity contribution in [1.82, 2.24) is 5.32 Å². The average molecular weight is 367 g/mol. The van der Waals surface area contributed by atoms with Crippen LogP contribution in [0.15, 0.2) is 18.2 Å². The van der Waals surface area contributed by atoms with E-state index in [9.17, 15) is 24.8 Å². The molecule has 1 amide bonds. The molecule has 0 aromatic heterocycles. The first-order chi connectivity index (χ1) is 11.5. The number of amides is 1. The van der Waals surface area contributed by atoms with Crippen LogP contribution in [-0.4, -0.2) is 33.7 Å². The maximum atomic E-state index is 11.8. The maximum absolute atomic E-state index is 11.8. The molecule has 0 aliphatic rings. The van der Waals surface area contributed by atoms with E-state index < -0.39 is 39.6 Å². The van der Waals surface area contributed by atoms with Crippen LogP contribution < -0.4 is 5.32 Å². The number of rotatable bonds is 5. The van der Waals surface area contributed by atoms with Crippen LogP contribution in [0.25, 0.3) is 0 Å². The second kappa shape index (κ2) is 7.85. The van der Waals surface area contributed by atoms with Crippen LogP contribution in [0, 0.1) is 21.4 Å². The summed E-state index contributed by atoms with van der Waals surface area (Å²) in [6.45, 7) is 4.81. The van der Waals surface area contributed by atoms with Gasteiger partial charge in [0.25, 0.3) is 5.69 Å². The van der Waals surface area contributed by atoms with Crippen LogP contribution >= 0.6 is 12.6 Å². The fourth-order valence-electron chi connectivity index (χ4n) is 1.91. The Morgan fingerprint density at radius 1 is 1.44 bits per heavy atom. The molecule has 0 radical (unpaired) electrons. The number of nitriles is 1. The molecule has 0 saturated carbocycles. The summed E-state index contributed by atoms with van der Waals surface area (Å²) in [7, 11) is 0. The number of ether oxygens (including phenoxy) is 1. The minimum atomic E-state index is -1.58. The molecule has 2 N–H and O–H groups in total. The molecule has 0 fully saturated rings. The molecule has 1 aromatic carbocycles. The molecule has 0 bridgehead atoms. The quantitative estimate of drug-likeness (QED) is 0.412. The van der Waals surface area contributed by atoms with Gasteiger partial charge in [-0.25, -0.2) is 9.59 Å². The van der Waals surface area contributed by atoms with Crippen LogP contribution in [0.4, 0.5) is 10.5 Å². The predicted molar refractivity (Wildman–Crippen MR) is 90.3 cm³/mol. The lowest BCUT2D eigenvalue weighted by Gasteiger charge is -2.24. The molecule has 9 nitrogen and oxygen atoms in total. The molecule has 0 aliphatic carbocycles. The molecule has 0 spiro atoms. The highest BCUT2D eigenvalue weighted by atomic mass is 32.1. The van der Waals surface area contributed by atoms with Gasteiger partial charge in [-0.3, -0.25) is 10.1 Å². The van der Waals surface area contributed by atoms with E-state index in [-0.39, 0.29) is 11.1 Å². The van der Waals surface area contributed by atoms with Gasteiger partial charge in [0.2, 0.25) is 0 Å². The number of hydrogen-bond donors (Lipinski definition) is 3. The number of aliphatic carboxylic acids is 1. The van der Waals surface area contributed by atoms with Crippen molar-refractivity contribution in [3.8, 4) is 6.07 Å². The predicted octanol–water partition coefficient (Wildman–Crippen LogP) is 2.42. The number of carboxylic acid groups (broad SMARTS) is 1. The van der Waals surface area contributed by atoms with Crippen molar-refractivity contribution in [2.75, 3.05) is 0 Å². The second-order valence-electron chi connectivity index (χ2n) is 6.05. The number of benzene rings is 1. The zero-order chi connectivity index (χ0) is 19.4. The summed E-state index contributed by atoms with van der Waals surface area (Å²) in [5, 5.41) is 30.3. The van der Waals surface area contributed by atoms with E-state index >= 15 is 0 Å². The molecule has 1 aromatic rings. The third-order valence-electron chi connectivity index (χ3n) is 2.93. The number of carbonyl (C=O) groups excluding carboxylic acids is 1. The van der Waals surface area contributed by atoms with E-state index in [2.05, 4.69) is 17.9 Å². The van der Waals surface area contributed by atoms with Crippen LogP contribution in [-0.2, 0) is 9.53 Å². The molecule has 0 saturated heterocycles. The van der Waals surface area contributed by atoms with Gasteiger partial charge in [-0.15, -0.1) is 0 Å². The number of hydrogen-bond acceptors (Lipinski definition) is 7. The highest BCUT2D eigenvalue weighted by Crippen LogP contribution is 2.33. The minimum Gasteiger partial charge on any atom is -0.480 e. The summed E-state index contributed by atoms with van der Waals surface area (Å²) in [6.07, 6.45) is -0.991. The van der Waals surface area contributed by atoms with Crippen molar-refractivity contribution < 1.29 is 24.4 Å². The van der Waals surface area contributed by atoms with Crippen LogP contribution in [0.2, 0.25) is 0 Å². The summed E-state index contributed by atoms with van der Waals surface area (Å²) >= 11 is 4.13. The number of nitro groups is 1. The SMILES string of the molecule is CC(C)(C)OC(=O)N[C@H](C(=O)O)C(S)c1ccc(C#N)cc1[N+](=O)[O-]. The van der Waals surface area contributed by atoms with Gasteiger partial charge in [-0.2, -0.15) is 17.9 Å². The van der Waals surface area contributed by atoms with E-state index in [0.29, 0.717) is 0 Å². The summed E-state index contributed by atoms with van der Waals surface area (Å²) < 4.78 is 4.99. The first-order valence-corrected chi connectivity index (χ1v) is 7.56. The van der Waals surface area contributed by atoms with Crippen molar-refractivity contribution in [2.45, 2.75) is 37.7 Å². The van der Waals surface area contributed by atoms with Crippen LogP contribution in [0.1, 0.15) is 37.1 Å². The van der Waals surface area contributed by atoms with E-state index in [1.807, 2.05) is 0 Å². The van der Waals surface area contributed by atoms with Crippen molar-refractivity contribution in [1.29, 1.82) is 5.26 Å². The summed E-state index contributed by atoms with van der Waals surface area (Å²) in [4.78, 5) is 33.8. The lowest BCUT2D eigenvalue weighted by atomic mass is 10.0. The molecule has 25 heavy (non-hydrogen) atoms. The molecule has 0 aliphatic heterocycles. The highest BCUT2D eigenvalue weighted by Gasteiger charge is 2.34. The first-order valence-electron chi connectivity index (χ1n) is 7.05. The number of nitrogens with one attached hydrogen (secondary N) is 1. The zero-order valence-electron chi connectivity index (χ0n) is 13.7. The number of nitrogens with zero attached hydrogens (tertiary/aromatic N) is 2. The Morgan fingerprint density at radius 3 is 2.48 bits per heavy atom. The van der Waals surface area contributed by atoms with E-state index in [4.69, 9.17) is 10.00 Å². The van der Waals surface area contributed by atoms with Crippen molar-refractivity contribution in [3.63, 3.8) is 0 Å². The van der Waals surface area contributed by atoms with E-state index in [0.717, 1.165) is 6.07 Å². The maximum Gasteiger partial charge on any atom is 0.408 e. The highest BCUT2D eigenvalue weighted by molar-refractivity contribution is 7.80. The Labute approximate surface area is 149 Å². The molecule has 10 heteroatoms. The Bertz CT molecular complexity index is 738. The lowest BCUT2D eigenvalue weighted by molar-refractivity contribution is -0.385. The summed E-state index contributed by atoms with van der Waals surface area (Å²) in [6, 6.07) is 3.74. The van der Waals surface area contributed by atoms with Gasteiger partial charge in [0.15, 0.2) is 0 Å². The van der Waals surface area contributed by atoms with E-state index in [1.165, 1.54) is 12.1 Å². The lowest BCUT2D eigenvalue weighted by Crippen LogP contribution is -2.45. The number of carbonyl (C=O) groups is 2. The number of alkyl carbamates (subject to hydrolysis) is 1. The molecule has 1 rings (SSSR count). The third-order valence-corrected chi connectivity index (χ3v) is 3.51. The smallest absolute Gasteiger partial charge is 0.408 e. The normalized spacial score (nSPS) is 13.2. The average Bonchev–Trinajstić information content (AvgIpc) is 2.49. The minimum absolute atomic E-state index is 0.0444. The van der Waals surface area contributed by atoms with Gasteiger partial charge in [0.05, 0.1) is 21.8 Å². The Kier molecular flexibility index (Phi) is 6.36. The van der Waals surface area contributed by atoms with Crippen LogP contribution in [0.5, 0.6) is 0 Å². The number of thiol groups is 1. The zero-order valence-corrected chi connectivity index (χ0v) is 14.6. The van der Waals surface area contributed by atoms with Gasteiger partial charge < -0.3 is 15.2 Å². The summed E-state index contributed by atoms with van der Waals surface area (Å²) in [5.41, 5.74) is -1.31. The van der Waals surface area contributed by atoms with Gasteiger partial charge in [-0.1, -0.05) is 0 Å². The molecule has 134 valence electrons. The topological polar surface area (TPSA) is 143 Å². The van der Waals surface area contributed by atoms with Crippen molar-refractivity contribution in [2.24, 2.45) is 0 Å². The third kappa shape index (κ3) is 5.65. The van der Waals surface area contributed by atoms with Gasteiger partial charge in [-0.05, 0) is 32.9 Å². The van der Waals surface area contributed by atoms with Crippen LogP contribution in [0.3, 0.4) is 0 Å². The molecule has 2 atom stereocenters. The Morgan fingerprint density at radius 2 is 2.04 bits per heavy atom. The van der Waals surface area contributed by atoms with Gasteiger partial charge >= 0.3 is 12.1 Å². The first kappa shape index (κ1) is 20.2. The van der Waals surface area contributed by atoms with Gasteiger partial charge in [0.1, 0.15) is 11.6 Å². The Balaban J connectivity index is 3.18. The molecule has 0 heterocycles. The molecular weight excluding hydrogens is 350 g/mol. The monoisotopic (exact) mass is 367 g/mol. The standard InChI is InChI=1S/C15H17N3O6S/c1-15(2,3)24-14(21)17-11(13(19)20)12(25)9-5-4-8(7-16)6-10(9)18(22)23/h4-6,11-12,25H,1-3H3,(H,17,21)(H,19,20)/t11-,12?/m0/s1. The largest absolute Gasteiger partial charge is 0.480 e. The van der Waals surface area contributed by atoms with Crippen molar-refractivity contribution in [3.05, 3.63) is 39.4 Å². The fourth-order valence-corrected chi connectivity index (χ4v) is 2.33. The van der Waals surface area contributed by atoms with E-state index in [1.54, 1.807) is 26.8 Å². The number of nitro benzene ring substituents is 1. The number of carboxylic acids is 1. The summed E-state index contributed by atoms with van der Waals surface area (Å²) in [5.74, 6) is -1.44.